The van der Waals surface area contributed by atoms with Crippen LogP contribution >= 0.6 is 0 Å². The highest BCUT2D eigenvalue weighted by atomic mass is 16.5. The normalized spacial score (nSPS) is 17.0. The number of nitrogens with one attached hydrogen (secondary N) is 1. The maximum atomic E-state index is 12.3. The summed E-state index contributed by atoms with van der Waals surface area (Å²) >= 11 is 0. The molecule has 1 saturated heterocycles. The van der Waals surface area contributed by atoms with E-state index in [1.807, 2.05) is 56.3 Å². The highest BCUT2D eigenvalue weighted by Crippen LogP contribution is 2.21. The van der Waals surface area contributed by atoms with Gasteiger partial charge in [0.1, 0.15) is 6.61 Å². The Bertz CT molecular complexity index is 784. The van der Waals surface area contributed by atoms with Gasteiger partial charge >= 0.3 is 0 Å². The number of ether oxygens (including phenoxy) is 1. The lowest BCUT2D eigenvalue weighted by Gasteiger charge is -2.33. The number of carbonyl (C=O) groups excluding carboxylic acids is 2. The van der Waals surface area contributed by atoms with E-state index in [0.717, 1.165) is 22.4 Å². The molecule has 0 spiro atoms. The maximum absolute atomic E-state index is 12.3. The molecule has 2 aromatic rings. The van der Waals surface area contributed by atoms with Crippen LogP contribution in [-0.2, 0) is 20.7 Å². The second kappa shape index (κ2) is 8.82. The van der Waals surface area contributed by atoms with Gasteiger partial charge in [0, 0.05) is 18.7 Å². The third-order valence-corrected chi connectivity index (χ3v) is 4.66. The number of nitrogens with zero attached hydrogens (tertiary/aromatic N) is 1. The van der Waals surface area contributed by atoms with Crippen LogP contribution in [0.2, 0.25) is 0 Å². The number of carbonyl (C=O) groups is 2. The Balaban J connectivity index is 1.52. The SMILES string of the molecule is Cc1cc(C)cc(N2CC(CNC(=O)CCc3ccccc3)OCC2=O)c1. The lowest BCUT2D eigenvalue weighted by atomic mass is 10.1. The fourth-order valence-electron chi connectivity index (χ4n) is 3.32. The van der Waals surface area contributed by atoms with Crippen LogP contribution in [0.3, 0.4) is 0 Å². The van der Waals surface area contributed by atoms with E-state index < -0.39 is 0 Å². The Morgan fingerprint density at radius 1 is 1.15 bits per heavy atom. The number of morpholine rings is 1. The summed E-state index contributed by atoms with van der Waals surface area (Å²) in [6.45, 7) is 4.93. The lowest BCUT2D eigenvalue weighted by Crippen LogP contribution is -2.50. The monoisotopic (exact) mass is 366 g/mol. The fraction of sp³-hybridized carbons (Fsp3) is 0.364. The molecule has 3 rings (SSSR count). The number of rotatable bonds is 6. The average Bonchev–Trinajstić information content (AvgIpc) is 2.65. The van der Waals surface area contributed by atoms with Crippen molar-refractivity contribution in [3.63, 3.8) is 0 Å². The number of aryl methyl sites for hydroxylation is 3. The molecule has 0 saturated carbocycles. The summed E-state index contributed by atoms with van der Waals surface area (Å²) in [7, 11) is 0. The standard InChI is InChI=1S/C22H26N2O3/c1-16-10-17(2)12-19(11-16)24-14-20(27-15-22(24)26)13-23-21(25)9-8-18-6-4-3-5-7-18/h3-7,10-12,20H,8-9,13-15H2,1-2H3,(H,23,25). The highest BCUT2D eigenvalue weighted by Gasteiger charge is 2.27. The van der Waals surface area contributed by atoms with E-state index in [9.17, 15) is 9.59 Å². The summed E-state index contributed by atoms with van der Waals surface area (Å²) in [5.74, 6) is -0.0519. The zero-order valence-corrected chi connectivity index (χ0v) is 15.9. The summed E-state index contributed by atoms with van der Waals surface area (Å²) < 4.78 is 5.61. The molecule has 1 aliphatic rings. The largest absolute Gasteiger partial charge is 0.365 e. The molecule has 27 heavy (non-hydrogen) atoms. The molecule has 1 heterocycles. The molecule has 0 aliphatic carbocycles. The fourth-order valence-corrected chi connectivity index (χ4v) is 3.32. The molecule has 5 nitrogen and oxygen atoms in total. The summed E-state index contributed by atoms with van der Waals surface area (Å²) in [5.41, 5.74) is 4.28. The lowest BCUT2D eigenvalue weighted by molar-refractivity contribution is -0.129. The molecule has 2 aromatic carbocycles. The van der Waals surface area contributed by atoms with E-state index in [4.69, 9.17) is 4.74 Å². The van der Waals surface area contributed by atoms with Crippen LogP contribution in [0.5, 0.6) is 0 Å². The van der Waals surface area contributed by atoms with Crippen molar-refractivity contribution in [1.82, 2.24) is 5.32 Å². The van der Waals surface area contributed by atoms with Crippen molar-refractivity contribution in [2.24, 2.45) is 0 Å². The molecule has 1 fully saturated rings. The van der Waals surface area contributed by atoms with Gasteiger partial charge < -0.3 is 15.0 Å². The zero-order chi connectivity index (χ0) is 19.2. The summed E-state index contributed by atoms with van der Waals surface area (Å²) in [5, 5.41) is 2.93. The number of benzene rings is 2. The van der Waals surface area contributed by atoms with Crippen molar-refractivity contribution in [1.29, 1.82) is 0 Å². The first kappa shape index (κ1) is 19.1. The van der Waals surface area contributed by atoms with E-state index in [2.05, 4.69) is 11.4 Å². The quantitative estimate of drug-likeness (QED) is 0.855. The van der Waals surface area contributed by atoms with E-state index >= 15 is 0 Å². The zero-order valence-electron chi connectivity index (χ0n) is 15.9. The van der Waals surface area contributed by atoms with Crippen LogP contribution in [-0.4, -0.2) is 37.6 Å². The van der Waals surface area contributed by atoms with E-state index in [1.165, 1.54) is 0 Å². The Morgan fingerprint density at radius 2 is 1.85 bits per heavy atom. The summed E-state index contributed by atoms with van der Waals surface area (Å²) in [6, 6.07) is 16.0. The van der Waals surface area contributed by atoms with Crippen molar-refractivity contribution >= 4 is 17.5 Å². The Labute approximate surface area is 160 Å². The third kappa shape index (κ3) is 5.41. The van der Waals surface area contributed by atoms with Gasteiger partial charge in [-0.05, 0) is 49.1 Å². The van der Waals surface area contributed by atoms with Crippen molar-refractivity contribution in [2.75, 3.05) is 24.6 Å². The van der Waals surface area contributed by atoms with Gasteiger partial charge in [0.15, 0.2) is 0 Å². The topological polar surface area (TPSA) is 58.6 Å². The maximum Gasteiger partial charge on any atom is 0.253 e. The number of anilines is 1. The van der Waals surface area contributed by atoms with Crippen LogP contribution in [0.15, 0.2) is 48.5 Å². The number of hydrogen-bond acceptors (Lipinski definition) is 3. The molecular formula is C22H26N2O3. The van der Waals surface area contributed by atoms with E-state index in [-0.39, 0.29) is 24.5 Å². The Morgan fingerprint density at radius 3 is 2.56 bits per heavy atom. The van der Waals surface area contributed by atoms with Crippen molar-refractivity contribution in [2.45, 2.75) is 32.8 Å². The van der Waals surface area contributed by atoms with Gasteiger partial charge in [-0.1, -0.05) is 36.4 Å². The van der Waals surface area contributed by atoms with Crippen LogP contribution < -0.4 is 10.2 Å². The molecule has 1 atom stereocenters. The molecule has 1 aliphatic heterocycles. The molecule has 0 radical (unpaired) electrons. The van der Waals surface area contributed by atoms with Crippen LogP contribution in [0, 0.1) is 13.8 Å². The predicted molar refractivity (Wildman–Crippen MR) is 106 cm³/mol. The minimum atomic E-state index is -0.204. The molecule has 0 bridgehead atoms. The second-order valence-corrected chi connectivity index (χ2v) is 7.07. The van der Waals surface area contributed by atoms with Gasteiger partial charge in [0.2, 0.25) is 5.91 Å². The van der Waals surface area contributed by atoms with Crippen LogP contribution in [0.4, 0.5) is 5.69 Å². The first-order valence-corrected chi connectivity index (χ1v) is 9.32. The number of amides is 2. The second-order valence-electron chi connectivity index (χ2n) is 7.07. The molecule has 2 amide bonds. The van der Waals surface area contributed by atoms with Gasteiger partial charge in [-0.3, -0.25) is 9.59 Å². The van der Waals surface area contributed by atoms with Crippen LogP contribution in [0.25, 0.3) is 0 Å². The molecule has 1 N–H and O–H groups in total. The highest BCUT2D eigenvalue weighted by molar-refractivity contribution is 5.95. The predicted octanol–water partition coefficient (Wildman–Crippen LogP) is 2.78. The molecule has 1 unspecified atom stereocenters. The van der Waals surface area contributed by atoms with Crippen molar-refractivity contribution in [3.05, 3.63) is 65.2 Å². The van der Waals surface area contributed by atoms with Gasteiger partial charge in [-0.2, -0.15) is 0 Å². The third-order valence-electron chi connectivity index (χ3n) is 4.66. The van der Waals surface area contributed by atoms with Gasteiger partial charge in [0.05, 0.1) is 12.6 Å². The smallest absolute Gasteiger partial charge is 0.253 e. The molecule has 5 heteroatoms. The minimum Gasteiger partial charge on any atom is -0.365 e. The molecule has 0 aromatic heterocycles. The summed E-state index contributed by atoms with van der Waals surface area (Å²) in [4.78, 5) is 26.1. The Kier molecular flexibility index (Phi) is 6.24. The van der Waals surface area contributed by atoms with Crippen molar-refractivity contribution in [3.8, 4) is 0 Å². The van der Waals surface area contributed by atoms with Crippen LogP contribution in [0.1, 0.15) is 23.1 Å². The Hall–Kier alpha value is -2.66. The number of hydrogen-bond donors (Lipinski definition) is 1. The first-order chi connectivity index (χ1) is 13.0. The van der Waals surface area contributed by atoms with Gasteiger partial charge in [-0.25, -0.2) is 0 Å². The molecule has 142 valence electrons. The van der Waals surface area contributed by atoms with Gasteiger partial charge in [-0.15, -0.1) is 0 Å². The first-order valence-electron chi connectivity index (χ1n) is 9.32. The van der Waals surface area contributed by atoms with Gasteiger partial charge in [0.25, 0.3) is 5.91 Å². The van der Waals surface area contributed by atoms with E-state index in [0.29, 0.717) is 25.9 Å². The molecular weight excluding hydrogens is 340 g/mol. The van der Waals surface area contributed by atoms with E-state index in [1.54, 1.807) is 4.90 Å². The van der Waals surface area contributed by atoms with Crippen molar-refractivity contribution < 1.29 is 14.3 Å². The summed E-state index contributed by atoms with van der Waals surface area (Å²) in [6.07, 6.45) is 0.950. The minimum absolute atomic E-state index is 0.00250. The average molecular weight is 366 g/mol.